The maximum absolute atomic E-state index is 5.70. The molecule has 0 unspecified atom stereocenters. The van der Waals surface area contributed by atoms with Gasteiger partial charge in [-0.2, -0.15) is 4.98 Å². The minimum Gasteiger partial charge on any atom is -0.494 e. The smallest absolute Gasteiger partial charge is 0.227 e. The lowest BCUT2D eigenvalue weighted by Gasteiger charge is -2.09. The van der Waals surface area contributed by atoms with E-state index in [2.05, 4.69) is 41.4 Å². The summed E-state index contributed by atoms with van der Waals surface area (Å²) < 4.78 is 10.6. The number of benzene rings is 1. The minimum absolute atomic E-state index is 0.663. The van der Waals surface area contributed by atoms with E-state index < -0.39 is 0 Å². The highest BCUT2D eigenvalue weighted by Crippen LogP contribution is 2.13. The zero-order valence-corrected chi connectivity index (χ0v) is 12.7. The molecular formula is C16H23N3O2. The van der Waals surface area contributed by atoms with Crippen molar-refractivity contribution in [3.8, 4) is 5.75 Å². The average molecular weight is 289 g/mol. The summed E-state index contributed by atoms with van der Waals surface area (Å²) in [5.74, 6) is 2.27. The molecule has 2 rings (SSSR count). The second-order valence-electron chi connectivity index (χ2n) is 5.44. The maximum Gasteiger partial charge on any atom is 0.227 e. The monoisotopic (exact) mass is 289 g/mol. The molecule has 1 aromatic heterocycles. The van der Waals surface area contributed by atoms with Gasteiger partial charge in [0.25, 0.3) is 0 Å². The fourth-order valence-corrected chi connectivity index (χ4v) is 1.85. The van der Waals surface area contributed by atoms with Crippen molar-refractivity contribution in [1.29, 1.82) is 0 Å². The van der Waals surface area contributed by atoms with Gasteiger partial charge in [0.15, 0.2) is 6.33 Å². The second kappa shape index (κ2) is 8.42. The van der Waals surface area contributed by atoms with Crippen LogP contribution in [0, 0.1) is 5.92 Å². The molecule has 2 aromatic rings. The Hall–Kier alpha value is -1.88. The Morgan fingerprint density at radius 3 is 2.71 bits per heavy atom. The van der Waals surface area contributed by atoms with Crippen molar-refractivity contribution < 1.29 is 9.26 Å². The Kier molecular flexibility index (Phi) is 6.22. The molecule has 1 N–H and O–H groups in total. The van der Waals surface area contributed by atoms with Gasteiger partial charge in [0.1, 0.15) is 5.75 Å². The minimum atomic E-state index is 0.663. The van der Waals surface area contributed by atoms with Gasteiger partial charge in [-0.3, -0.25) is 0 Å². The van der Waals surface area contributed by atoms with Gasteiger partial charge in [0, 0.05) is 19.5 Å². The summed E-state index contributed by atoms with van der Waals surface area (Å²) >= 11 is 0. The van der Waals surface area contributed by atoms with Crippen LogP contribution in [0.2, 0.25) is 0 Å². The van der Waals surface area contributed by atoms with Crippen LogP contribution < -0.4 is 10.1 Å². The fourth-order valence-electron chi connectivity index (χ4n) is 1.85. The molecule has 1 heterocycles. The van der Waals surface area contributed by atoms with E-state index in [9.17, 15) is 0 Å². The molecule has 0 bridgehead atoms. The first kappa shape index (κ1) is 15.5. The van der Waals surface area contributed by atoms with Crippen molar-refractivity contribution in [2.75, 3.05) is 13.2 Å². The van der Waals surface area contributed by atoms with E-state index in [4.69, 9.17) is 9.26 Å². The molecule has 5 nitrogen and oxygen atoms in total. The summed E-state index contributed by atoms with van der Waals surface area (Å²) in [6.45, 7) is 6.81. The third-order valence-electron chi connectivity index (χ3n) is 3.14. The Balaban J connectivity index is 1.65. The standard InChI is InChI=1S/C16H23N3O2/c1-13(2)8-10-20-15-5-3-14(4-6-15)11-17-9-7-16-18-12-19-21-16/h3-6,12-13,17H,7-11H2,1-2H3. The van der Waals surface area contributed by atoms with Gasteiger partial charge in [0.2, 0.25) is 5.89 Å². The lowest BCUT2D eigenvalue weighted by Crippen LogP contribution is -2.16. The van der Waals surface area contributed by atoms with Crippen molar-refractivity contribution in [2.45, 2.75) is 33.2 Å². The summed E-state index contributed by atoms with van der Waals surface area (Å²) in [4.78, 5) is 3.98. The molecule has 0 saturated carbocycles. The molecule has 0 radical (unpaired) electrons. The Morgan fingerprint density at radius 1 is 1.24 bits per heavy atom. The van der Waals surface area contributed by atoms with Crippen molar-refractivity contribution in [3.63, 3.8) is 0 Å². The third-order valence-corrected chi connectivity index (χ3v) is 3.14. The van der Waals surface area contributed by atoms with Crippen LogP contribution in [0.5, 0.6) is 5.75 Å². The Bertz CT molecular complexity index is 495. The predicted octanol–water partition coefficient (Wildman–Crippen LogP) is 2.83. The van der Waals surface area contributed by atoms with Crippen LogP contribution >= 0.6 is 0 Å². The average Bonchev–Trinajstić information content (AvgIpc) is 2.98. The third kappa shape index (κ3) is 5.95. The van der Waals surface area contributed by atoms with E-state index in [-0.39, 0.29) is 0 Å². The van der Waals surface area contributed by atoms with Crippen molar-refractivity contribution in [1.82, 2.24) is 15.5 Å². The molecule has 21 heavy (non-hydrogen) atoms. The molecule has 1 aromatic carbocycles. The highest BCUT2D eigenvalue weighted by Gasteiger charge is 2.00. The topological polar surface area (TPSA) is 60.2 Å². The SMILES string of the molecule is CC(C)CCOc1ccc(CNCCc2ncno2)cc1. The van der Waals surface area contributed by atoms with Gasteiger partial charge < -0.3 is 14.6 Å². The molecule has 5 heteroatoms. The lowest BCUT2D eigenvalue weighted by molar-refractivity contribution is 0.289. The van der Waals surface area contributed by atoms with Crippen LogP contribution in [0.1, 0.15) is 31.7 Å². The van der Waals surface area contributed by atoms with E-state index >= 15 is 0 Å². The van der Waals surface area contributed by atoms with Gasteiger partial charge in [-0.25, -0.2) is 0 Å². The molecule has 0 aliphatic rings. The van der Waals surface area contributed by atoms with E-state index in [0.29, 0.717) is 11.8 Å². The van der Waals surface area contributed by atoms with E-state index in [1.54, 1.807) is 0 Å². The summed E-state index contributed by atoms with van der Waals surface area (Å²) in [6, 6.07) is 8.22. The number of aromatic nitrogens is 2. The summed E-state index contributed by atoms with van der Waals surface area (Å²) in [6.07, 6.45) is 3.25. The fraction of sp³-hybridized carbons (Fsp3) is 0.500. The summed E-state index contributed by atoms with van der Waals surface area (Å²) in [7, 11) is 0. The highest BCUT2D eigenvalue weighted by molar-refractivity contribution is 5.27. The van der Waals surface area contributed by atoms with Crippen LogP contribution in [-0.2, 0) is 13.0 Å². The van der Waals surface area contributed by atoms with Gasteiger partial charge in [-0.1, -0.05) is 31.1 Å². The van der Waals surface area contributed by atoms with Crippen LogP contribution in [0.3, 0.4) is 0 Å². The van der Waals surface area contributed by atoms with Crippen LogP contribution in [-0.4, -0.2) is 23.3 Å². The van der Waals surface area contributed by atoms with Crippen molar-refractivity contribution in [2.24, 2.45) is 5.92 Å². The van der Waals surface area contributed by atoms with Crippen LogP contribution in [0.15, 0.2) is 35.1 Å². The number of nitrogens with one attached hydrogen (secondary N) is 1. The summed E-state index contributed by atoms with van der Waals surface area (Å²) in [5, 5.41) is 6.93. The zero-order valence-electron chi connectivity index (χ0n) is 12.7. The number of ether oxygens (including phenoxy) is 1. The normalized spacial score (nSPS) is 11.0. The van der Waals surface area contributed by atoms with Gasteiger partial charge in [-0.15, -0.1) is 0 Å². The van der Waals surface area contributed by atoms with Gasteiger partial charge >= 0.3 is 0 Å². The second-order valence-corrected chi connectivity index (χ2v) is 5.44. The molecule has 0 amide bonds. The molecule has 0 atom stereocenters. The van der Waals surface area contributed by atoms with E-state index in [0.717, 1.165) is 38.3 Å². The molecular weight excluding hydrogens is 266 g/mol. The number of nitrogens with zero attached hydrogens (tertiary/aromatic N) is 2. The Labute approximate surface area is 125 Å². The first-order valence-corrected chi connectivity index (χ1v) is 7.42. The van der Waals surface area contributed by atoms with E-state index in [1.807, 2.05) is 12.1 Å². The van der Waals surface area contributed by atoms with Gasteiger partial charge in [0.05, 0.1) is 6.61 Å². The molecule has 0 saturated heterocycles. The highest BCUT2D eigenvalue weighted by atomic mass is 16.5. The number of hydrogen-bond acceptors (Lipinski definition) is 5. The van der Waals surface area contributed by atoms with Crippen molar-refractivity contribution >= 4 is 0 Å². The molecule has 0 aliphatic heterocycles. The molecule has 0 spiro atoms. The molecule has 0 aliphatic carbocycles. The number of hydrogen-bond donors (Lipinski definition) is 1. The molecule has 114 valence electrons. The quantitative estimate of drug-likeness (QED) is 0.719. The Morgan fingerprint density at radius 2 is 2.05 bits per heavy atom. The zero-order chi connectivity index (χ0) is 14.9. The first-order valence-electron chi connectivity index (χ1n) is 7.42. The van der Waals surface area contributed by atoms with Gasteiger partial charge in [-0.05, 0) is 30.0 Å². The maximum atomic E-state index is 5.70. The first-order chi connectivity index (χ1) is 10.2. The van der Waals surface area contributed by atoms with Crippen LogP contribution in [0.4, 0.5) is 0 Å². The number of rotatable bonds is 9. The molecule has 0 fully saturated rings. The lowest BCUT2D eigenvalue weighted by atomic mass is 10.1. The largest absolute Gasteiger partial charge is 0.494 e. The van der Waals surface area contributed by atoms with Crippen LogP contribution in [0.25, 0.3) is 0 Å². The summed E-state index contributed by atoms with van der Waals surface area (Å²) in [5.41, 5.74) is 1.23. The van der Waals surface area contributed by atoms with Crippen molar-refractivity contribution in [3.05, 3.63) is 42.0 Å². The predicted molar refractivity (Wildman–Crippen MR) is 81.1 cm³/mol. The van der Waals surface area contributed by atoms with E-state index in [1.165, 1.54) is 11.9 Å².